The Hall–Kier alpha value is -3.13. The molecule has 0 unspecified atom stereocenters. The Morgan fingerprint density at radius 2 is 2.07 bits per heavy atom. The van der Waals surface area contributed by atoms with Crippen LogP contribution in [0.4, 0.5) is 11.4 Å². The molecule has 2 amide bonds. The number of nitro benzene ring substituents is 1. The Kier molecular flexibility index (Phi) is 5.79. The number of nitro groups is 1. The fourth-order valence-corrected chi connectivity index (χ4v) is 3.38. The molecular weight excluding hydrogens is 386 g/mol. The van der Waals surface area contributed by atoms with E-state index in [1.165, 1.54) is 36.3 Å². The molecule has 0 bridgehead atoms. The quantitative estimate of drug-likeness (QED) is 0.608. The maximum absolute atomic E-state index is 13.0. The predicted octanol–water partition coefficient (Wildman–Crippen LogP) is 3.50. The van der Waals surface area contributed by atoms with Gasteiger partial charge in [-0.25, -0.2) is 0 Å². The summed E-state index contributed by atoms with van der Waals surface area (Å²) in [7, 11) is 1.45. The third-order valence-electron chi connectivity index (χ3n) is 4.53. The molecule has 1 aliphatic heterocycles. The zero-order valence-corrected chi connectivity index (χ0v) is 15.8. The lowest BCUT2D eigenvalue weighted by molar-refractivity contribution is -0.384. The van der Waals surface area contributed by atoms with Crippen molar-refractivity contribution in [2.24, 2.45) is 0 Å². The van der Waals surface area contributed by atoms with Crippen molar-refractivity contribution in [1.82, 2.24) is 4.90 Å². The molecule has 1 aliphatic rings. The average Bonchev–Trinajstić information content (AvgIpc) is 3.17. The second kappa shape index (κ2) is 8.26. The summed E-state index contributed by atoms with van der Waals surface area (Å²) in [5.41, 5.74) is 0.463. The van der Waals surface area contributed by atoms with Crippen molar-refractivity contribution in [3.05, 3.63) is 63.2 Å². The maximum atomic E-state index is 13.0. The van der Waals surface area contributed by atoms with E-state index in [4.69, 9.17) is 16.3 Å². The number of amides is 2. The molecule has 1 saturated heterocycles. The van der Waals surface area contributed by atoms with Crippen LogP contribution in [-0.4, -0.2) is 41.3 Å². The van der Waals surface area contributed by atoms with Crippen LogP contribution in [-0.2, 0) is 4.79 Å². The predicted molar refractivity (Wildman–Crippen MR) is 104 cm³/mol. The summed E-state index contributed by atoms with van der Waals surface area (Å²) in [6.45, 7) is 0.418. The molecule has 1 atom stereocenters. The number of non-ortho nitro benzene ring substituents is 1. The van der Waals surface area contributed by atoms with Crippen molar-refractivity contribution in [2.75, 3.05) is 19.0 Å². The summed E-state index contributed by atoms with van der Waals surface area (Å²) >= 11 is 6.01. The van der Waals surface area contributed by atoms with Crippen molar-refractivity contribution >= 4 is 34.8 Å². The lowest BCUT2D eigenvalue weighted by Gasteiger charge is -2.24. The van der Waals surface area contributed by atoms with Gasteiger partial charge in [-0.05, 0) is 37.1 Å². The van der Waals surface area contributed by atoms with Gasteiger partial charge in [-0.3, -0.25) is 19.7 Å². The van der Waals surface area contributed by atoms with Gasteiger partial charge in [0.15, 0.2) is 0 Å². The lowest BCUT2D eigenvalue weighted by atomic mass is 10.1. The van der Waals surface area contributed by atoms with Crippen molar-refractivity contribution in [3.63, 3.8) is 0 Å². The van der Waals surface area contributed by atoms with E-state index in [1.807, 2.05) is 0 Å². The molecule has 0 spiro atoms. The number of nitrogens with zero attached hydrogens (tertiary/aromatic N) is 2. The Bertz CT molecular complexity index is 934. The van der Waals surface area contributed by atoms with E-state index in [0.717, 1.165) is 0 Å². The topological polar surface area (TPSA) is 102 Å². The summed E-state index contributed by atoms with van der Waals surface area (Å²) in [6, 6.07) is 9.71. The van der Waals surface area contributed by atoms with Crippen LogP contribution in [0.25, 0.3) is 0 Å². The van der Waals surface area contributed by atoms with Crippen molar-refractivity contribution in [3.8, 4) is 5.75 Å². The van der Waals surface area contributed by atoms with Crippen LogP contribution in [0.15, 0.2) is 42.5 Å². The second-order valence-corrected chi connectivity index (χ2v) is 6.73. The van der Waals surface area contributed by atoms with Crippen LogP contribution < -0.4 is 10.1 Å². The van der Waals surface area contributed by atoms with Crippen molar-refractivity contribution in [2.45, 2.75) is 18.9 Å². The van der Waals surface area contributed by atoms with Gasteiger partial charge in [-0.15, -0.1) is 0 Å². The molecule has 0 aromatic heterocycles. The normalized spacial score (nSPS) is 15.9. The second-order valence-electron chi connectivity index (χ2n) is 6.30. The number of halogens is 1. The minimum atomic E-state index is -0.685. The summed E-state index contributed by atoms with van der Waals surface area (Å²) in [5, 5.41) is 13.9. The molecule has 2 aromatic rings. The van der Waals surface area contributed by atoms with Crippen LogP contribution >= 0.6 is 11.6 Å². The average molecular weight is 404 g/mol. The highest BCUT2D eigenvalue weighted by molar-refractivity contribution is 6.31. The molecule has 2 aromatic carbocycles. The molecule has 1 heterocycles. The number of carbonyl (C=O) groups is 2. The highest BCUT2D eigenvalue weighted by atomic mass is 35.5. The number of carbonyl (C=O) groups excluding carboxylic acids is 2. The van der Waals surface area contributed by atoms with Crippen LogP contribution in [0.1, 0.15) is 23.2 Å². The third-order valence-corrected chi connectivity index (χ3v) is 4.77. The van der Waals surface area contributed by atoms with E-state index in [1.54, 1.807) is 18.2 Å². The number of ether oxygens (including phenoxy) is 1. The monoisotopic (exact) mass is 403 g/mol. The highest BCUT2D eigenvalue weighted by Crippen LogP contribution is 2.28. The fraction of sp³-hybridized carbons (Fsp3) is 0.263. The Morgan fingerprint density at radius 1 is 1.29 bits per heavy atom. The molecule has 3 rings (SSSR count). The third kappa shape index (κ3) is 4.07. The van der Waals surface area contributed by atoms with Gasteiger partial charge < -0.3 is 15.0 Å². The van der Waals surface area contributed by atoms with Gasteiger partial charge >= 0.3 is 0 Å². The van der Waals surface area contributed by atoms with E-state index in [9.17, 15) is 19.7 Å². The summed E-state index contributed by atoms with van der Waals surface area (Å²) in [5.74, 6) is -0.373. The largest absolute Gasteiger partial charge is 0.496 e. The van der Waals surface area contributed by atoms with E-state index >= 15 is 0 Å². The molecule has 0 aliphatic carbocycles. The molecule has 0 saturated carbocycles. The molecule has 146 valence electrons. The number of hydrogen-bond acceptors (Lipinski definition) is 5. The van der Waals surface area contributed by atoms with Crippen LogP contribution in [0.2, 0.25) is 5.02 Å². The zero-order valence-electron chi connectivity index (χ0n) is 15.1. The van der Waals surface area contributed by atoms with Gasteiger partial charge in [0.1, 0.15) is 11.8 Å². The standard InChI is InChI=1S/C19H18ClN3O5/c1-28-17-8-7-12(20)10-15(17)19(25)22-9-3-6-16(22)18(24)21-13-4-2-5-14(11-13)23(26)27/h2,4-5,7-8,10-11,16H,3,6,9H2,1H3,(H,21,24)/t16-/m0/s1. The van der Waals surface area contributed by atoms with Crippen LogP contribution in [0, 0.1) is 10.1 Å². The Morgan fingerprint density at radius 3 is 2.79 bits per heavy atom. The molecule has 1 fully saturated rings. The lowest BCUT2D eigenvalue weighted by Crippen LogP contribution is -2.43. The van der Waals surface area contributed by atoms with Gasteiger partial charge in [0.25, 0.3) is 11.6 Å². The first-order valence-corrected chi connectivity index (χ1v) is 8.98. The molecule has 1 N–H and O–H groups in total. The molecular formula is C19H18ClN3O5. The first kappa shape index (κ1) is 19.6. The Labute approximate surface area is 166 Å². The fourth-order valence-electron chi connectivity index (χ4n) is 3.21. The summed E-state index contributed by atoms with van der Waals surface area (Å²) < 4.78 is 5.24. The maximum Gasteiger partial charge on any atom is 0.271 e. The summed E-state index contributed by atoms with van der Waals surface area (Å²) in [4.78, 5) is 37.6. The number of methoxy groups -OCH3 is 1. The van der Waals surface area contributed by atoms with E-state index in [0.29, 0.717) is 35.8 Å². The van der Waals surface area contributed by atoms with Crippen molar-refractivity contribution in [1.29, 1.82) is 0 Å². The van der Waals surface area contributed by atoms with Gasteiger partial charge in [0.05, 0.1) is 17.6 Å². The minimum Gasteiger partial charge on any atom is -0.496 e. The van der Waals surface area contributed by atoms with Gasteiger partial charge in [0, 0.05) is 29.4 Å². The van der Waals surface area contributed by atoms with Crippen LogP contribution in [0.5, 0.6) is 5.75 Å². The van der Waals surface area contributed by atoms with Gasteiger partial charge in [-0.1, -0.05) is 17.7 Å². The SMILES string of the molecule is COc1ccc(Cl)cc1C(=O)N1CCC[C@H]1C(=O)Nc1cccc([N+](=O)[O-])c1. The van der Waals surface area contributed by atoms with Crippen LogP contribution in [0.3, 0.4) is 0 Å². The van der Waals surface area contributed by atoms with E-state index in [2.05, 4.69) is 5.32 Å². The minimum absolute atomic E-state index is 0.124. The van der Waals surface area contributed by atoms with E-state index in [-0.39, 0.29) is 17.2 Å². The zero-order chi connectivity index (χ0) is 20.3. The van der Waals surface area contributed by atoms with E-state index < -0.39 is 16.9 Å². The van der Waals surface area contributed by atoms with Crippen molar-refractivity contribution < 1.29 is 19.2 Å². The first-order valence-electron chi connectivity index (χ1n) is 8.60. The highest BCUT2D eigenvalue weighted by Gasteiger charge is 2.35. The number of benzene rings is 2. The number of nitrogens with one attached hydrogen (secondary N) is 1. The molecule has 28 heavy (non-hydrogen) atoms. The summed E-state index contributed by atoms with van der Waals surface area (Å²) in [6.07, 6.45) is 1.16. The molecule has 8 nitrogen and oxygen atoms in total. The smallest absolute Gasteiger partial charge is 0.271 e. The molecule has 0 radical (unpaired) electrons. The van der Waals surface area contributed by atoms with Gasteiger partial charge in [-0.2, -0.15) is 0 Å². The number of anilines is 1. The number of likely N-dealkylation sites (tertiary alicyclic amines) is 1. The van der Waals surface area contributed by atoms with Gasteiger partial charge in [0.2, 0.25) is 5.91 Å². The molecule has 9 heteroatoms. The Balaban J connectivity index is 1.80. The number of hydrogen-bond donors (Lipinski definition) is 1. The first-order chi connectivity index (χ1) is 13.4. The number of rotatable bonds is 5.